The number of hydrogen-bond donors (Lipinski definition) is 3. The summed E-state index contributed by atoms with van der Waals surface area (Å²) < 4.78 is 14.4. The molecule has 0 fully saturated rings. The van der Waals surface area contributed by atoms with Gasteiger partial charge in [0.2, 0.25) is 11.7 Å². The molecular formula is C22H27FN4O4. The van der Waals surface area contributed by atoms with E-state index in [1.807, 2.05) is 13.8 Å². The number of carbonyl (C=O) groups excluding carboxylic acids is 2. The molecule has 3 N–H and O–H groups in total. The largest absolute Gasteiger partial charge is 0.501 e. The molecule has 0 bridgehead atoms. The van der Waals surface area contributed by atoms with Crippen molar-refractivity contribution < 1.29 is 19.1 Å². The number of amides is 2. The molecule has 1 aliphatic rings. The van der Waals surface area contributed by atoms with Crippen LogP contribution in [0.5, 0.6) is 5.75 Å². The van der Waals surface area contributed by atoms with Gasteiger partial charge in [-0.1, -0.05) is 32.4 Å². The molecule has 8 nitrogen and oxygen atoms in total. The fourth-order valence-corrected chi connectivity index (χ4v) is 4.32. The van der Waals surface area contributed by atoms with E-state index in [0.29, 0.717) is 24.9 Å². The predicted molar refractivity (Wildman–Crippen MR) is 112 cm³/mol. The van der Waals surface area contributed by atoms with Crippen molar-refractivity contribution in [1.82, 2.24) is 20.2 Å². The molecule has 166 valence electrons. The van der Waals surface area contributed by atoms with Crippen molar-refractivity contribution in [1.29, 1.82) is 0 Å². The molecule has 2 amide bonds. The summed E-state index contributed by atoms with van der Waals surface area (Å²) in [7, 11) is 0. The van der Waals surface area contributed by atoms with E-state index >= 15 is 0 Å². The second-order valence-corrected chi connectivity index (χ2v) is 8.18. The average Bonchev–Trinajstić information content (AvgIpc) is 2.70. The molecule has 2 atom stereocenters. The lowest BCUT2D eigenvalue weighted by molar-refractivity contribution is -0.121. The number of hydrogen-bond acceptors (Lipinski definition) is 5. The molecule has 0 aliphatic carbocycles. The molecule has 31 heavy (non-hydrogen) atoms. The first-order valence-electron chi connectivity index (χ1n) is 10.3. The zero-order chi connectivity index (χ0) is 22.8. The summed E-state index contributed by atoms with van der Waals surface area (Å²) in [6.07, 6.45) is 1.81. The van der Waals surface area contributed by atoms with Gasteiger partial charge in [0.1, 0.15) is 11.6 Å². The molecule has 2 heterocycles. The van der Waals surface area contributed by atoms with Gasteiger partial charge in [-0.25, -0.2) is 9.37 Å². The molecule has 0 saturated heterocycles. The van der Waals surface area contributed by atoms with Crippen molar-refractivity contribution in [2.45, 2.75) is 58.7 Å². The summed E-state index contributed by atoms with van der Waals surface area (Å²) in [4.78, 5) is 42.0. The van der Waals surface area contributed by atoms with Crippen LogP contribution in [0.3, 0.4) is 0 Å². The lowest BCUT2D eigenvalue weighted by Crippen LogP contribution is -2.53. The summed E-state index contributed by atoms with van der Waals surface area (Å²) in [5.74, 6) is -1.78. The van der Waals surface area contributed by atoms with Crippen LogP contribution < -0.4 is 16.2 Å². The monoisotopic (exact) mass is 430 g/mol. The third-order valence-corrected chi connectivity index (χ3v) is 5.44. The van der Waals surface area contributed by atoms with Crippen molar-refractivity contribution in [3.05, 3.63) is 57.5 Å². The van der Waals surface area contributed by atoms with Crippen LogP contribution in [0.4, 0.5) is 4.39 Å². The Balaban J connectivity index is 2.01. The lowest BCUT2D eigenvalue weighted by atomic mass is 9.80. The van der Waals surface area contributed by atoms with Gasteiger partial charge in [-0.15, -0.1) is 0 Å². The van der Waals surface area contributed by atoms with E-state index in [9.17, 15) is 23.9 Å². The van der Waals surface area contributed by atoms with Crippen LogP contribution in [0, 0.1) is 11.7 Å². The summed E-state index contributed by atoms with van der Waals surface area (Å²) in [6.45, 7) is 5.72. The van der Waals surface area contributed by atoms with Gasteiger partial charge in [-0.2, -0.15) is 0 Å². The quantitative estimate of drug-likeness (QED) is 0.650. The zero-order valence-corrected chi connectivity index (χ0v) is 17.9. The Kier molecular flexibility index (Phi) is 6.42. The topological polar surface area (TPSA) is 113 Å². The minimum atomic E-state index is -0.906. The van der Waals surface area contributed by atoms with E-state index < -0.39 is 34.3 Å². The van der Waals surface area contributed by atoms with Gasteiger partial charge in [-0.3, -0.25) is 19.0 Å². The minimum absolute atomic E-state index is 0.0583. The molecular weight excluding hydrogens is 403 g/mol. The highest BCUT2D eigenvalue weighted by molar-refractivity contribution is 5.94. The summed E-state index contributed by atoms with van der Waals surface area (Å²) in [6, 6.07) is 5.59. The number of nitrogens with one attached hydrogen (secondary N) is 2. The number of benzene rings is 1. The standard InChI is InChI=1S/C22H27FN4O4/c1-4-9-22(26-14(3)28)10-13(2)12-27-20(31)18(29)17(25-21(22)27)19(30)24-11-15-5-7-16(23)8-6-15/h5-8,13,29H,4,9-12H2,1-3H3,(H,24,30)(H,26,28). The highest BCUT2D eigenvalue weighted by Crippen LogP contribution is 2.37. The van der Waals surface area contributed by atoms with Crippen molar-refractivity contribution in [3.8, 4) is 5.75 Å². The molecule has 0 spiro atoms. The number of rotatable bonds is 6. The molecule has 3 rings (SSSR count). The van der Waals surface area contributed by atoms with Gasteiger partial charge in [0.15, 0.2) is 5.69 Å². The number of nitrogens with zero attached hydrogens (tertiary/aromatic N) is 2. The maximum Gasteiger partial charge on any atom is 0.296 e. The van der Waals surface area contributed by atoms with E-state index in [0.717, 1.165) is 6.42 Å². The van der Waals surface area contributed by atoms with Crippen molar-refractivity contribution >= 4 is 11.8 Å². The van der Waals surface area contributed by atoms with Crippen LogP contribution in [0.2, 0.25) is 0 Å². The minimum Gasteiger partial charge on any atom is -0.501 e. The van der Waals surface area contributed by atoms with Crippen LogP contribution in [-0.4, -0.2) is 26.5 Å². The van der Waals surface area contributed by atoms with Crippen LogP contribution in [-0.2, 0) is 23.4 Å². The van der Waals surface area contributed by atoms with Gasteiger partial charge in [0, 0.05) is 20.0 Å². The van der Waals surface area contributed by atoms with E-state index in [4.69, 9.17) is 0 Å². The number of aromatic hydroxyl groups is 1. The van der Waals surface area contributed by atoms with Gasteiger partial charge < -0.3 is 15.7 Å². The first-order valence-corrected chi connectivity index (χ1v) is 10.3. The first-order chi connectivity index (χ1) is 14.7. The zero-order valence-electron chi connectivity index (χ0n) is 17.9. The van der Waals surface area contributed by atoms with Gasteiger partial charge in [0.25, 0.3) is 11.5 Å². The van der Waals surface area contributed by atoms with Crippen molar-refractivity contribution in [2.24, 2.45) is 5.92 Å². The lowest BCUT2D eigenvalue weighted by Gasteiger charge is -2.41. The Morgan fingerprint density at radius 1 is 1.32 bits per heavy atom. The molecule has 9 heteroatoms. The molecule has 1 aromatic heterocycles. The number of aromatic nitrogens is 2. The van der Waals surface area contributed by atoms with Crippen molar-refractivity contribution in [3.63, 3.8) is 0 Å². The van der Waals surface area contributed by atoms with Crippen LogP contribution in [0.1, 0.15) is 61.9 Å². The summed E-state index contributed by atoms with van der Waals surface area (Å²) in [5, 5.41) is 16.0. The third-order valence-electron chi connectivity index (χ3n) is 5.44. The molecule has 1 aliphatic heterocycles. The Bertz CT molecular complexity index is 1050. The highest BCUT2D eigenvalue weighted by atomic mass is 19.1. The Morgan fingerprint density at radius 3 is 2.61 bits per heavy atom. The van der Waals surface area contributed by atoms with E-state index in [1.54, 1.807) is 0 Å². The smallest absolute Gasteiger partial charge is 0.296 e. The number of halogens is 1. The fraction of sp³-hybridized carbons (Fsp3) is 0.455. The van der Waals surface area contributed by atoms with Crippen molar-refractivity contribution in [2.75, 3.05) is 0 Å². The molecule has 1 aromatic carbocycles. The number of fused-ring (bicyclic) bond motifs is 1. The normalized spacial score (nSPS) is 20.1. The maximum atomic E-state index is 13.1. The Labute approximate surface area is 179 Å². The van der Waals surface area contributed by atoms with Gasteiger partial charge >= 0.3 is 0 Å². The second-order valence-electron chi connectivity index (χ2n) is 8.18. The van der Waals surface area contributed by atoms with Crippen LogP contribution >= 0.6 is 0 Å². The van der Waals surface area contributed by atoms with E-state index in [1.165, 1.54) is 35.8 Å². The molecule has 0 saturated carbocycles. The Morgan fingerprint density at radius 2 is 2.00 bits per heavy atom. The predicted octanol–water partition coefficient (Wildman–Crippen LogP) is 2.19. The van der Waals surface area contributed by atoms with Crippen LogP contribution in [0.15, 0.2) is 29.1 Å². The SMILES string of the molecule is CCCC1(NC(C)=O)CC(C)Cn2c1nc(C(=O)NCc1ccc(F)cc1)c(O)c2=O. The van der Waals surface area contributed by atoms with E-state index in [-0.39, 0.29) is 24.2 Å². The number of carbonyl (C=O) groups is 2. The average molecular weight is 430 g/mol. The van der Waals surface area contributed by atoms with Crippen LogP contribution in [0.25, 0.3) is 0 Å². The maximum absolute atomic E-state index is 13.1. The fourth-order valence-electron chi connectivity index (χ4n) is 4.32. The highest BCUT2D eigenvalue weighted by Gasteiger charge is 2.43. The molecule has 2 aromatic rings. The third kappa shape index (κ3) is 4.60. The second kappa shape index (κ2) is 8.87. The van der Waals surface area contributed by atoms with Gasteiger partial charge in [-0.05, 0) is 36.5 Å². The molecule has 0 radical (unpaired) electrons. The first kappa shape index (κ1) is 22.5. The summed E-state index contributed by atoms with van der Waals surface area (Å²) >= 11 is 0. The molecule has 2 unspecified atom stereocenters. The van der Waals surface area contributed by atoms with Gasteiger partial charge in [0.05, 0.1) is 5.54 Å². The van der Waals surface area contributed by atoms with E-state index in [2.05, 4.69) is 15.6 Å². The Hall–Kier alpha value is -3.23. The summed E-state index contributed by atoms with van der Waals surface area (Å²) in [5.41, 5.74) is -1.36.